The smallest absolute Gasteiger partial charge is 0.224 e. The van der Waals surface area contributed by atoms with Gasteiger partial charge in [0.1, 0.15) is 5.75 Å². The van der Waals surface area contributed by atoms with E-state index < -0.39 is 0 Å². The van der Waals surface area contributed by atoms with E-state index in [1.807, 2.05) is 24.3 Å². The van der Waals surface area contributed by atoms with Gasteiger partial charge in [0.25, 0.3) is 0 Å². The van der Waals surface area contributed by atoms with Gasteiger partial charge in [-0.05, 0) is 68.5 Å². The maximum atomic E-state index is 12.2. The van der Waals surface area contributed by atoms with E-state index in [4.69, 9.17) is 4.74 Å². The first-order chi connectivity index (χ1) is 10.7. The number of hydrogen-bond donors (Lipinski definition) is 2. The molecule has 1 aliphatic heterocycles. The zero-order valence-electron chi connectivity index (χ0n) is 13.7. The third-order valence-electron chi connectivity index (χ3n) is 4.26. The first-order valence-electron chi connectivity index (χ1n) is 8.42. The highest BCUT2D eigenvalue weighted by atomic mass is 16.5. The van der Waals surface area contributed by atoms with Crippen LogP contribution in [0.2, 0.25) is 0 Å². The molecule has 1 aromatic carbocycles. The van der Waals surface area contributed by atoms with Crippen LogP contribution >= 0.6 is 0 Å². The van der Waals surface area contributed by atoms with Crippen molar-refractivity contribution in [3.8, 4) is 5.75 Å². The highest BCUT2D eigenvalue weighted by molar-refractivity contribution is 5.90. The van der Waals surface area contributed by atoms with Crippen molar-refractivity contribution in [1.29, 1.82) is 0 Å². The van der Waals surface area contributed by atoms with E-state index in [2.05, 4.69) is 24.5 Å². The van der Waals surface area contributed by atoms with Crippen LogP contribution in [0.1, 0.15) is 39.5 Å². The molecule has 2 atom stereocenters. The molecule has 22 heavy (non-hydrogen) atoms. The van der Waals surface area contributed by atoms with E-state index in [-0.39, 0.29) is 5.91 Å². The lowest BCUT2D eigenvalue weighted by molar-refractivity contribution is -0.117. The number of carbonyl (C=O) groups is 1. The molecular formula is C18H28N2O2. The molecule has 1 amide bonds. The van der Waals surface area contributed by atoms with Crippen molar-refractivity contribution in [3.05, 3.63) is 24.3 Å². The summed E-state index contributed by atoms with van der Waals surface area (Å²) >= 11 is 0. The molecular weight excluding hydrogens is 276 g/mol. The molecule has 2 N–H and O–H groups in total. The van der Waals surface area contributed by atoms with Crippen LogP contribution in [0.4, 0.5) is 5.69 Å². The summed E-state index contributed by atoms with van der Waals surface area (Å²) in [5, 5.41) is 6.40. The minimum absolute atomic E-state index is 0.0975. The first-order valence-corrected chi connectivity index (χ1v) is 8.42. The Kier molecular flexibility index (Phi) is 6.72. The predicted molar refractivity (Wildman–Crippen MR) is 90.2 cm³/mol. The van der Waals surface area contributed by atoms with E-state index in [1.54, 1.807) is 0 Å². The second-order valence-electron chi connectivity index (χ2n) is 6.21. The average molecular weight is 304 g/mol. The normalized spacial score (nSPS) is 19.5. The summed E-state index contributed by atoms with van der Waals surface area (Å²) in [7, 11) is 0. The maximum absolute atomic E-state index is 12.2. The van der Waals surface area contributed by atoms with Crippen LogP contribution in [-0.2, 0) is 4.79 Å². The molecule has 4 nitrogen and oxygen atoms in total. The second kappa shape index (κ2) is 8.79. The van der Waals surface area contributed by atoms with Crippen molar-refractivity contribution in [2.75, 3.05) is 25.0 Å². The summed E-state index contributed by atoms with van der Waals surface area (Å²) in [4.78, 5) is 12.2. The fourth-order valence-electron chi connectivity index (χ4n) is 2.89. The van der Waals surface area contributed by atoms with Gasteiger partial charge in [-0.2, -0.15) is 0 Å². The monoisotopic (exact) mass is 304 g/mol. The lowest BCUT2D eigenvalue weighted by atomic mass is 9.85. The van der Waals surface area contributed by atoms with Gasteiger partial charge in [-0.1, -0.05) is 13.8 Å². The summed E-state index contributed by atoms with van der Waals surface area (Å²) < 4.78 is 5.54. The summed E-state index contributed by atoms with van der Waals surface area (Å²) in [5.74, 6) is 1.98. The minimum Gasteiger partial charge on any atom is -0.494 e. The summed E-state index contributed by atoms with van der Waals surface area (Å²) in [5.41, 5.74) is 0.836. The molecule has 0 aromatic heterocycles. The van der Waals surface area contributed by atoms with Crippen molar-refractivity contribution in [2.45, 2.75) is 39.5 Å². The first kappa shape index (κ1) is 16.8. The van der Waals surface area contributed by atoms with Gasteiger partial charge < -0.3 is 15.4 Å². The molecule has 1 aliphatic rings. The molecule has 1 saturated heterocycles. The second-order valence-corrected chi connectivity index (χ2v) is 6.21. The Balaban J connectivity index is 1.78. The van der Waals surface area contributed by atoms with Crippen LogP contribution in [0, 0.1) is 11.8 Å². The topological polar surface area (TPSA) is 50.4 Å². The molecule has 0 bridgehead atoms. The van der Waals surface area contributed by atoms with Gasteiger partial charge in [0.2, 0.25) is 5.91 Å². The van der Waals surface area contributed by atoms with Crippen LogP contribution in [0.15, 0.2) is 24.3 Å². The Hall–Kier alpha value is -1.55. The third-order valence-corrected chi connectivity index (χ3v) is 4.26. The van der Waals surface area contributed by atoms with Gasteiger partial charge in [0.15, 0.2) is 0 Å². The lowest BCUT2D eigenvalue weighted by Gasteiger charge is -2.28. The summed E-state index contributed by atoms with van der Waals surface area (Å²) in [6.07, 6.45) is 4.02. The zero-order valence-corrected chi connectivity index (χ0v) is 13.7. The van der Waals surface area contributed by atoms with Crippen molar-refractivity contribution < 1.29 is 9.53 Å². The molecule has 2 rings (SSSR count). The fraction of sp³-hybridized carbons (Fsp3) is 0.611. The highest BCUT2D eigenvalue weighted by Gasteiger charge is 2.21. The van der Waals surface area contributed by atoms with Gasteiger partial charge in [0, 0.05) is 12.1 Å². The largest absolute Gasteiger partial charge is 0.494 e. The van der Waals surface area contributed by atoms with Crippen molar-refractivity contribution in [3.63, 3.8) is 0 Å². The van der Waals surface area contributed by atoms with Crippen molar-refractivity contribution in [2.24, 2.45) is 11.8 Å². The Labute approximate surface area is 133 Å². The standard InChI is InChI=1S/C18H28N2O2/c1-3-11-22-17-8-6-16(7-9-17)20-18(21)12-14(2)15-5-4-10-19-13-15/h6-9,14-15,19H,3-5,10-13H2,1-2H3,(H,20,21). The van der Waals surface area contributed by atoms with E-state index >= 15 is 0 Å². The number of rotatable bonds is 7. The molecule has 0 radical (unpaired) electrons. The van der Waals surface area contributed by atoms with Crippen LogP contribution in [-0.4, -0.2) is 25.6 Å². The van der Waals surface area contributed by atoms with Gasteiger partial charge in [-0.3, -0.25) is 4.79 Å². The molecule has 1 heterocycles. The number of benzene rings is 1. The third kappa shape index (κ3) is 5.34. The maximum Gasteiger partial charge on any atom is 0.224 e. The summed E-state index contributed by atoms with van der Waals surface area (Å²) in [6.45, 7) is 7.13. The number of carbonyl (C=O) groups excluding carboxylic acids is 1. The van der Waals surface area contributed by atoms with E-state index in [0.717, 1.165) is 37.6 Å². The number of piperidine rings is 1. The number of nitrogens with one attached hydrogen (secondary N) is 2. The fourth-order valence-corrected chi connectivity index (χ4v) is 2.89. The Morgan fingerprint density at radius 1 is 1.41 bits per heavy atom. The molecule has 4 heteroatoms. The number of amides is 1. The van der Waals surface area contributed by atoms with Crippen LogP contribution < -0.4 is 15.4 Å². The lowest BCUT2D eigenvalue weighted by Crippen LogP contribution is -2.34. The van der Waals surface area contributed by atoms with Crippen molar-refractivity contribution >= 4 is 11.6 Å². The van der Waals surface area contributed by atoms with E-state index in [0.29, 0.717) is 18.3 Å². The predicted octanol–water partition coefficient (Wildman–Crippen LogP) is 3.44. The molecule has 0 spiro atoms. The molecule has 0 saturated carbocycles. The van der Waals surface area contributed by atoms with Gasteiger partial charge in [-0.25, -0.2) is 0 Å². The van der Waals surface area contributed by atoms with Gasteiger partial charge in [-0.15, -0.1) is 0 Å². The highest BCUT2D eigenvalue weighted by Crippen LogP contribution is 2.23. The minimum atomic E-state index is 0.0975. The average Bonchev–Trinajstić information content (AvgIpc) is 2.55. The summed E-state index contributed by atoms with van der Waals surface area (Å²) in [6, 6.07) is 7.60. The Morgan fingerprint density at radius 3 is 2.82 bits per heavy atom. The van der Waals surface area contributed by atoms with E-state index in [1.165, 1.54) is 12.8 Å². The molecule has 1 fully saturated rings. The van der Waals surface area contributed by atoms with Crippen LogP contribution in [0.25, 0.3) is 0 Å². The van der Waals surface area contributed by atoms with Crippen LogP contribution in [0.5, 0.6) is 5.75 Å². The molecule has 1 aromatic rings. The molecule has 2 unspecified atom stereocenters. The molecule has 0 aliphatic carbocycles. The quantitative estimate of drug-likeness (QED) is 0.811. The number of hydrogen-bond acceptors (Lipinski definition) is 3. The number of ether oxygens (including phenoxy) is 1. The van der Waals surface area contributed by atoms with Gasteiger partial charge >= 0.3 is 0 Å². The Bertz CT molecular complexity index is 453. The Morgan fingerprint density at radius 2 is 2.18 bits per heavy atom. The zero-order chi connectivity index (χ0) is 15.8. The van der Waals surface area contributed by atoms with Crippen molar-refractivity contribution in [1.82, 2.24) is 5.32 Å². The number of anilines is 1. The molecule has 122 valence electrons. The SMILES string of the molecule is CCCOc1ccc(NC(=O)CC(C)C2CCCNC2)cc1. The van der Waals surface area contributed by atoms with Gasteiger partial charge in [0.05, 0.1) is 6.61 Å². The van der Waals surface area contributed by atoms with Crippen LogP contribution in [0.3, 0.4) is 0 Å². The van der Waals surface area contributed by atoms with E-state index in [9.17, 15) is 4.79 Å².